The second-order valence-electron chi connectivity index (χ2n) is 6.56. The molecule has 0 atom stereocenters. The molecule has 1 heterocycles. The number of nitrogens with one attached hydrogen (secondary N) is 2. The largest absolute Gasteiger partial charge is 0.486 e. The van der Waals surface area contributed by atoms with Crippen LogP contribution < -0.4 is 25.0 Å². The molecule has 0 saturated heterocycles. The van der Waals surface area contributed by atoms with Gasteiger partial charge in [-0.15, -0.1) is 0 Å². The molecule has 0 unspecified atom stereocenters. The molecule has 0 bridgehead atoms. The van der Waals surface area contributed by atoms with Crippen LogP contribution in [0.2, 0.25) is 0 Å². The van der Waals surface area contributed by atoms with Crippen LogP contribution in [0.5, 0.6) is 11.5 Å². The Morgan fingerprint density at radius 2 is 1.66 bits per heavy atom. The van der Waals surface area contributed by atoms with Crippen molar-refractivity contribution >= 4 is 34.8 Å². The molecule has 1 aliphatic heterocycles. The minimum atomic E-state index is -0.231. The molecular weight excluding hydrogens is 374 g/mol. The summed E-state index contributed by atoms with van der Waals surface area (Å²) in [6.07, 6.45) is 0.110. The maximum Gasteiger partial charge on any atom is 0.226 e. The van der Waals surface area contributed by atoms with Crippen LogP contribution in [0, 0.1) is 0 Å². The van der Waals surface area contributed by atoms with E-state index in [-0.39, 0.29) is 30.7 Å². The van der Waals surface area contributed by atoms with Gasteiger partial charge in [0, 0.05) is 49.9 Å². The highest BCUT2D eigenvalue weighted by Gasteiger charge is 2.16. The van der Waals surface area contributed by atoms with Crippen LogP contribution in [0.25, 0.3) is 0 Å². The van der Waals surface area contributed by atoms with E-state index < -0.39 is 0 Å². The smallest absolute Gasteiger partial charge is 0.226 e. The van der Waals surface area contributed by atoms with Gasteiger partial charge in [-0.05, 0) is 30.3 Å². The Morgan fingerprint density at radius 3 is 2.38 bits per heavy atom. The first-order chi connectivity index (χ1) is 13.9. The number of nitrogens with zero attached hydrogens (tertiary/aromatic N) is 1. The third-order valence-electron chi connectivity index (χ3n) is 4.25. The molecule has 0 radical (unpaired) electrons. The zero-order valence-electron chi connectivity index (χ0n) is 16.4. The maximum absolute atomic E-state index is 12.4. The number of hydrogen-bond donors (Lipinski definition) is 2. The lowest BCUT2D eigenvalue weighted by molar-refractivity contribution is -0.117. The van der Waals surface area contributed by atoms with Crippen molar-refractivity contribution in [2.45, 2.75) is 20.3 Å². The summed E-state index contributed by atoms with van der Waals surface area (Å²) in [5, 5.41) is 5.49. The van der Waals surface area contributed by atoms with Crippen molar-refractivity contribution < 1.29 is 23.9 Å². The predicted molar refractivity (Wildman–Crippen MR) is 109 cm³/mol. The van der Waals surface area contributed by atoms with Gasteiger partial charge >= 0.3 is 0 Å². The van der Waals surface area contributed by atoms with E-state index >= 15 is 0 Å². The summed E-state index contributed by atoms with van der Waals surface area (Å²) in [6.45, 7) is 4.02. The Kier molecular flexibility index (Phi) is 6.33. The van der Waals surface area contributed by atoms with Gasteiger partial charge in [-0.3, -0.25) is 14.4 Å². The molecule has 0 spiro atoms. The molecule has 0 aromatic heterocycles. The summed E-state index contributed by atoms with van der Waals surface area (Å²) in [5.41, 5.74) is 1.79. The number of carbonyl (C=O) groups excluding carboxylic acids is 3. The van der Waals surface area contributed by atoms with Crippen molar-refractivity contribution in [2.75, 3.05) is 35.3 Å². The van der Waals surface area contributed by atoms with Gasteiger partial charge < -0.3 is 25.0 Å². The van der Waals surface area contributed by atoms with Gasteiger partial charge in [-0.25, -0.2) is 0 Å². The molecule has 8 heteroatoms. The van der Waals surface area contributed by atoms with Crippen LogP contribution >= 0.6 is 0 Å². The molecule has 3 amide bonds. The van der Waals surface area contributed by atoms with Gasteiger partial charge in [0.1, 0.15) is 13.2 Å². The first kappa shape index (κ1) is 20.2. The average molecular weight is 397 g/mol. The van der Waals surface area contributed by atoms with Crippen molar-refractivity contribution in [1.29, 1.82) is 0 Å². The number of anilines is 3. The summed E-state index contributed by atoms with van der Waals surface area (Å²) in [7, 11) is 0. The molecule has 0 fully saturated rings. The quantitative estimate of drug-likeness (QED) is 0.781. The summed E-state index contributed by atoms with van der Waals surface area (Å²) < 4.78 is 11.0. The summed E-state index contributed by atoms with van der Waals surface area (Å²) >= 11 is 0. The lowest BCUT2D eigenvalue weighted by Gasteiger charge is -2.22. The monoisotopic (exact) mass is 397 g/mol. The number of rotatable bonds is 6. The van der Waals surface area contributed by atoms with E-state index in [4.69, 9.17) is 9.47 Å². The zero-order chi connectivity index (χ0) is 20.8. The van der Waals surface area contributed by atoms with E-state index in [2.05, 4.69) is 10.6 Å². The van der Waals surface area contributed by atoms with Gasteiger partial charge in [0.15, 0.2) is 11.5 Å². The van der Waals surface area contributed by atoms with E-state index in [9.17, 15) is 14.4 Å². The highest BCUT2D eigenvalue weighted by Crippen LogP contribution is 2.32. The Labute approximate surface area is 168 Å². The third kappa shape index (κ3) is 5.47. The first-order valence-electron chi connectivity index (χ1n) is 9.27. The molecule has 29 heavy (non-hydrogen) atoms. The van der Waals surface area contributed by atoms with Gasteiger partial charge in [0.25, 0.3) is 0 Å². The Hall–Kier alpha value is -3.55. The number of carbonyl (C=O) groups is 3. The molecule has 0 aliphatic carbocycles. The van der Waals surface area contributed by atoms with E-state index in [0.29, 0.717) is 41.8 Å². The first-order valence-corrected chi connectivity index (χ1v) is 9.27. The van der Waals surface area contributed by atoms with Crippen molar-refractivity contribution in [1.82, 2.24) is 0 Å². The van der Waals surface area contributed by atoms with Crippen LogP contribution in [-0.2, 0) is 14.4 Å². The fourth-order valence-corrected chi connectivity index (χ4v) is 2.98. The van der Waals surface area contributed by atoms with Crippen molar-refractivity contribution in [3.8, 4) is 11.5 Å². The molecule has 2 N–H and O–H groups in total. The minimum Gasteiger partial charge on any atom is -0.486 e. The van der Waals surface area contributed by atoms with Crippen molar-refractivity contribution in [3.05, 3.63) is 42.5 Å². The van der Waals surface area contributed by atoms with Crippen molar-refractivity contribution in [3.63, 3.8) is 0 Å². The van der Waals surface area contributed by atoms with Gasteiger partial charge in [0.2, 0.25) is 17.7 Å². The van der Waals surface area contributed by atoms with Crippen LogP contribution in [0.15, 0.2) is 42.5 Å². The highest BCUT2D eigenvalue weighted by atomic mass is 16.6. The number of benzene rings is 2. The van der Waals surface area contributed by atoms with Gasteiger partial charge in [-0.1, -0.05) is 6.07 Å². The second kappa shape index (κ2) is 9.09. The van der Waals surface area contributed by atoms with E-state index in [0.717, 1.165) is 0 Å². The number of fused-ring (bicyclic) bond motifs is 1. The topological polar surface area (TPSA) is 97.0 Å². The molecule has 0 saturated carbocycles. The Balaban J connectivity index is 1.62. The van der Waals surface area contributed by atoms with Gasteiger partial charge in [0.05, 0.1) is 0 Å². The standard InChI is InChI=1S/C21H23N3O5/c1-14(25)22-16-4-3-5-18(12-16)24(15(2)26)9-8-21(27)23-17-6-7-19-20(13-17)29-11-10-28-19/h3-7,12-13H,8-11H2,1-2H3,(H,22,25)(H,23,27). The van der Waals surface area contributed by atoms with Crippen LogP contribution in [0.4, 0.5) is 17.1 Å². The van der Waals surface area contributed by atoms with E-state index in [1.165, 1.54) is 18.7 Å². The van der Waals surface area contributed by atoms with Crippen LogP contribution in [0.1, 0.15) is 20.3 Å². The fraction of sp³-hybridized carbons (Fsp3) is 0.286. The molecular formula is C21H23N3O5. The maximum atomic E-state index is 12.4. The lowest BCUT2D eigenvalue weighted by atomic mass is 10.2. The molecule has 2 aromatic rings. The zero-order valence-corrected chi connectivity index (χ0v) is 16.4. The average Bonchev–Trinajstić information content (AvgIpc) is 2.67. The summed E-state index contributed by atoms with van der Waals surface area (Å²) in [6, 6.07) is 12.1. The number of amides is 3. The van der Waals surface area contributed by atoms with E-state index in [1.54, 1.807) is 42.5 Å². The number of ether oxygens (including phenoxy) is 2. The fourth-order valence-electron chi connectivity index (χ4n) is 2.98. The molecule has 3 rings (SSSR count). The Morgan fingerprint density at radius 1 is 0.931 bits per heavy atom. The molecule has 8 nitrogen and oxygen atoms in total. The Bertz CT molecular complexity index is 928. The molecule has 2 aromatic carbocycles. The predicted octanol–water partition coefficient (Wildman–Crippen LogP) is 2.80. The minimum absolute atomic E-state index is 0.110. The van der Waals surface area contributed by atoms with E-state index in [1.807, 2.05) is 0 Å². The lowest BCUT2D eigenvalue weighted by Crippen LogP contribution is -2.32. The SMILES string of the molecule is CC(=O)Nc1cccc(N(CCC(=O)Nc2ccc3c(c2)OCCO3)C(C)=O)c1. The molecule has 1 aliphatic rings. The second-order valence-corrected chi connectivity index (χ2v) is 6.56. The van der Waals surface area contributed by atoms with Crippen molar-refractivity contribution in [2.24, 2.45) is 0 Å². The van der Waals surface area contributed by atoms with Gasteiger partial charge in [-0.2, -0.15) is 0 Å². The normalized spacial score (nSPS) is 12.1. The number of hydrogen-bond acceptors (Lipinski definition) is 5. The summed E-state index contributed by atoms with van der Waals surface area (Å²) in [5.74, 6) is 0.614. The third-order valence-corrected chi connectivity index (χ3v) is 4.25. The molecule has 152 valence electrons. The summed E-state index contributed by atoms with van der Waals surface area (Å²) in [4.78, 5) is 37.2. The van der Waals surface area contributed by atoms with Crippen LogP contribution in [0.3, 0.4) is 0 Å². The highest BCUT2D eigenvalue weighted by molar-refractivity contribution is 5.96. The van der Waals surface area contributed by atoms with Crippen LogP contribution in [-0.4, -0.2) is 37.5 Å².